The Bertz CT molecular complexity index is 461. The lowest BCUT2D eigenvalue weighted by molar-refractivity contribution is 0.0850. The summed E-state index contributed by atoms with van der Waals surface area (Å²) in [6.07, 6.45) is 1.94. The number of likely N-dealkylation sites (N-methyl/N-ethyl adjacent to an activating group) is 1. The Hall–Kier alpha value is -0.900. The van der Waals surface area contributed by atoms with Gasteiger partial charge in [-0.05, 0) is 58.0 Å². The molecule has 1 aromatic carbocycles. The van der Waals surface area contributed by atoms with Crippen LogP contribution in [0, 0.1) is 13.8 Å². The van der Waals surface area contributed by atoms with Crippen LogP contribution in [0.2, 0.25) is 0 Å². The van der Waals surface area contributed by atoms with Crippen LogP contribution >= 0.6 is 0 Å². The molecule has 2 rings (SSSR count). The van der Waals surface area contributed by atoms with Crippen molar-refractivity contribution in [1.29, 1.82) is 0 Å². The molecule has 21 heavy (non-hydrogen) atoms. The van der Waals surface area contributed by atoms with Crippen molar-refractivity contribution in [3.05, 3.63) is 34.9 Å². The van der Waals surface area contributed by atoms with Crippen LogP contribution in [0.15, 0.2) is 18.2 Å². The molecule has 2 atom stereocenters. The molecule has 0 bridgehead atoms. The zero-order valence-corrected chi connectivity index (χ0v) is 14.0. The Labute approximate surface area is 129 Å². The van der Waals surface area contributed by atoms with Crippen molar-refractivity contribution in [1.82, 2.24) is 9.80 Å². The van der Waals surface area contributed by atoms with Crippen LogP contribution in [-0.4, -0.2) is 54.2 Å². The predicted molar refractivity (Wildman–Crippen MR) is 88.6 cm³/mol. The van der Waals surface area contributed by atoms with E-state index in [-0.39, 0.29) is 6.10 Å². The first-order valence-corrected chi connectivity index (χ1v) is 8.19. The van der Waals surface area contributed by atoms with Gasteiger partial charge in [-0.1, -0.05) is 30.7 Å². The molecule has 1 saturated heterocycles. The van der Waals surface area contributed by atoms with Crippen molar-refractivity contribution in [3.8, 4) is 0 Å². The standard InChI is InChI=1S/C18H30N2O/c1-5-16-12-19(4)9-6-10-20(16)13-18(21)17-8-7-14(2)11-15(17)3/h7-8,11,16,18,21H,5-6,9-10,12-13H2,1-4H3. The second kappa shape index (κ2) is 7.39. The zero-order chi connectivity index (χ0) is 15.4. The van der Waals surface area contributed by atoms with Crippen molar-refractivity contribution < 1.29 is 5.11 Å². The highest BCUT2D eigenvalue weighted by Gasteiger charge is 2.24. The first-order valence-electron chi connectivity index (χ1n) is 8.19. The van der Waals surface area contributed by atoms with Gasteiger partial charge in [-0.15, -0.1) is 0 Å². The van der Waals surface area contributed by atoms with E-state index in [2.05, 4.69) is 55.8 Å². The third-order valence-corrected chi connectivity index (χ3v) is 4.69. The minimum atomic E-state index is -0.386. The quantitative estimate of drug-likeness (QED) is 0.923. The van der Waals surface area contributed by atoms with E-state index in [0.717, 1.165) is 38.2 Å². The van der Waals surface area contributed by atoms with Crippen LogP contribution in [0.4, 0.5) is 0 Å². The first kappa shape index (κ1) is 16.5. The third kappa shape index (κ3) is 4.29. The highest BCUT2D eigenvalue weighted by molar-refractivity contribution is 5.32. The number of benzene rings is 1. The number of aliphatic hydroxyl groups is 1. The van der Waals surface area contributed by atoms with Crippen LogP contribution in [0.1, 0.15) is 42.6 Å². The highest BCUT2D eigenvalue weighted by atomic mass is 16.3. The lowest BCUT2D eigenvalue weighted by Gasteiger charge is -2.32. The molecule has 0 radical (unpaired) electrons. The fraction of sp³-hybridized carbons (Fsp3) is 0.667. The number of hydrogen-bond acceptors (Lipinski definition) is 3. The minimum absolute atomic E-state index is 0.386. The van der Waals surface area contributed by atoms with Crippen molar-refractivity contribution >= 4 is 0 Å². The van der Waals surface area contributed by atoms with E-state index in [9.17, 15) is 5.11 Å². The smallest absolute Gasteiger partial charge is 0.0919 e. The van der Waals surface area contributed by atoms with E-state index < -0.39 is 0 Å². The number of rotatable bonds is 4. The van der Waals surface area contributed by atoms with Crippen LogP contribution in [-0.2, 0) is 0 Å². The van der Waals surface area contributed by atoms with E-state index in [0.29, 0.717) is 6.04 Å². The predicted octanol–water partition coefficient (Wildman–Crippen LogP) is 2.75. The molecule has 1 N–H and O–H groups in total. The van der Waals surface area contributed by atoms with Gasteiger partial charge in [-0.3, -0.25) is 4.90 Å². The topological polar surface area (TPSA) is 26.7 Å². The normalized spacial score (nSPS) is 23.0. The summed E-state index contributed by atoms with van der Waals surface area (Å²) >= 11 is 0. The van der Waals surface area contributed by atoms with E-state index >= 15 is 0 Å². The third-order valence-electron chi connectivity index (χ3n) is 4.69. The average molecular weight is 290 g/mol. The van der Waals surface area contributed by atoms with Crippen molar-refractivity contribution in [2.24, 2.45) is 0 Å². The van der Waals surface area contributed by atoms with Gasteiger partial charge in [0.15, 0.2) is 0 Å². The van der Waals surface area contributed by atoms with Gasteiger partial charge in [-0.25, -0.2) is 0 Å². The lowest BCUT2D eigenvalue weighted by Crippen LogP contribution is -2.41. The molecule has 1 aromatic rings. The maximum atomic E-state index is 10.7. The summed E-state index contributed by atoms with van der Waals surface area (Å²) in [5.41, 5.74) is 3.53. The summed E-state index contributed by atoms with van der Waals surface area (Å²) in [5, 5.41) is 10.7. The van der Waals surface area contributed by atoms with Gasteiger partial charge < -0.3 is 10.0 Å². The van der Waals surface area contributed by atoms with Crippen molar-refractivity contribution in [2.75, 3.05) is 33.2 Å². The second-order valence-electron chi connectivity index (χ2n) is 6.55. The fourth-order valence-electron chi connectivity index (χ4n) is 3.44. The maximum absolute atomic E-state index is 10.7. The average Bonchev–Trinajstić information content (AvgIpc) is 2.60. The lowest BCUT2D eigenvalue weighted by atomic mass is 10.00. The van der Waals surface area contributed by atoms with Crippen LogP contribution in [0.5, 0.6) is 0 Å². The van der Waals surface area contributed by atoms with Crippen molar-refractivity contribution in [2.45, 2.75) is 45.8 Å². The van der Waals surface area contributed by atoms with Gasteiger partial charge >= 0.3 is 0 Å². The Morgan fingerprint density at radius 3 is 2.71 bits per heavy atom. The van der Waals surface area contributed by atoms with Gasteiger partial charge in [0, 0.05) is 19.1 Å². The molecule has 118 valence electrons. The molecule has 1 aliphatic heterocycles. The number of β-amino-alcohol motifs (C(OH)–C–C–N with tert-alkyl or cyclic N) is 1. The molecule has 0 amide bonds. The van der Waals surface area contributed by atoms with E-state index in [1.165, 1.54) is 17.5 Å². The Kier molecular flexibility index (Phi) is 5.80. The largest absolute Gasteiger partial charge is 0.387 e. The summed E-state index contributed by atoms with van der Waals surface area (Å²) in [5.74, 6) is 0. The van der Waals surface area contributed by atoms with Gasteiger partial charge in [-0.2, -0.15) is 0 Å². The number of nitrogens with zero attached hydrogens (tertiary/aromatic N) is 2. The molecular formula is C18H30N2O. The van der Waals surface area contributed by atoms with Gasteiger partial charge in [0.1, 0.15) is 0 Å². The Balaban J connectivity index is 2.07. The van der Waals surface area contributed by atoms with E-state index in [4.69, 9.17) is 0 Å². The summed E-state index contributed by atoms with van der Waals surface area (Å²) < 4.78 is 0. The van der Waals surface area contributed by atoms with Crippen LogP contribution in [0.25, 0.3) is 0 Å². The highest BCUT2D eigenvalue weighted by Crippen LogP contribution is 2.22. The molecular weight excluding hydrogens is 260 g/mol. The van der Waals surface area contributed by atoms with Crippen molar-refractivity contribution in [3.63, 3.8) is 0 Å². The van der Waals surface area contributed by atoms with Crippen LogP contribution < -0.4 is 0 Å². The van der Waals surface area contributed by atoms with E-state index in [1.54, 1.807) is 0 Å². The zero-order valence-electron chi connectivity index (χ0n) is 14.0. The summed E-state index contributed by atoms with van der Waals surface area (Å²) in [6, 6.07) is 6.89. The minimum Gasteiger partial charge on any atom is -0.387 e. The molecule has 1 heterocycles. The molecule has 0 spiro atoms. The Morgan fingerprint density at radius 1 is 1.29 bits per heavy atom. The van der Waals surface area contributed by atoms with Gasteiger partial charge in [0.25, 0.3) is 0 Å². The summed E-state index contributed by atoms with van der Waals surface area (Å²) in [7, 11) is 2.20. The maximum Gasteiger partial charge on any atom is 0.0919 e. The number of hydrogen-bond donors (Lipinski definition) is 1. The molecule has 3 nitrogen and oxygen atoms in total. The first-order chi connectivity index (χ1) is 10.0. The molecule has 0 aliphatic carbocycles. The monoisotopic (exact) mass is 290 g/mol. The molecule has 1 fully saturated rings. The van der Waals surface area contributed by atoms with Crippen LogP contribution in [0.3, 0.4) is 0 Å². The van der Waals surface area contributed by atoms with Gasteiger partial charge in [0.05, 0.1) is 6.10 Å². The molecule has 3 heteroatoms. The molecule has 0 saturated carbocycles. The fourth-order valence-corrected chi connectivity index (χ4v) is 3.44. The van der Waals surface area contributed by atoms with E-state index in [1.807, 2.05) is 0 Å². The second-order valence-corrected chi connectivity index (χ2v) is 6.55. The summed E-state index contributed by atoms with van der Waals surface area (Å²) in [4.78, 5) is 4.89. The number of aryl methyl sites for hydroxylation is 2. The Morgan fingerprint density at radius 2 is 2.05 bits per heavy atom. The molecule has 0 aromatic heterocycles. The molecule has 1 aliphatic rings. The summed E-state index contributed by atoms with van der Waals surface area (Å²) in [6.45, 7) is 10.5. The SMILES string of the molecule is CCC1CN(C)CCCN1CC(O)c1ccc(C)cc1C. The molecule has 2 unspecified atom stereocenters. The van der Waals surface area contributed by atoms with Gasteiger partial charge in [0.2, 0.25) is 0 Å². The number of aliphatic hydroxyl groups excluding tert-OH is 1.